The second-order valence-corrected chi connectivity index (χ2v) is 8.86. The lowest BCUT2D eigenvalue weighted by atomic mass is 9.99. The molecule has 0 spiro atoms. The van der Waals surface area contributed by atoms with Crippen LogP contribution in [0.15, 0.2) is 72.8 Å². The molecule has 0 saturated heterocycles. The zero-order valence-corrected chi connectivity index (χ0v) is 19.5. The number of carboxylic acid groups (broad SMARTS) is 1. The lowest BCUT2D eigenvalue weighted by Gasteiger charge is -2.18. The predicted molar refractivity (Wildman–Crippen MR) is 132 cm³/mol. The lowest BCUT2D eigenvalue weighted by Crippen LogP contribution is -2.32. The van der Waals surface area contributed by atoms with Crippen molar-refractivity contribution in [2.45, 2.75) is 39.3 Å². The summed E-state index contributed by atoms with van der Waals surface area (Å²) in [6, 6.07) is 23.3. The number of carboxylic acids is 1. The molecule has 33 heavy (non-hydrogen) atoms. The number of rotatable bonds is 11. The van der Waals surface area contributed by atoms with Crippen LogP contribution in [0.5, 0.6) is 5.75 Å². The number of aromatic carboxylic acids is 1. The molecule has 3 rings (SSSR count). The highest BCUT2D eigenvalue weighted by molar-refractivity contribution is 5.92. The van der Waals surface area contributed by atoms with Crippen LogP contribution in [0.3, 0.4) is 0 Å². The van der Waals surface area contributed by atoms with E-state index in [4.69, 9.17) is 4.74 Å². The number of carbonyl (C=O) groups is 1. The topological polar surface area (TPSA) is 78.8 Å². The number of benzene rings is 3. The van der Waals surface area contributed by atoms with Crippen LogP contribution in [-0.2, 0) is 6.42 Å². The summed E-state index contributed by atoms with van der Waals surface area (Å²) < 4.78 is 5.77. The Kier molecular flexibility index (Phi) is 8.64. The smallest absolute Gasteiger partial charge is 0.339 e. The minimum Gasteiger partial charge on any atom is -0.492 e. The molecule has 174 valence electrons. The molecule has 0 amide bonds. The van der Waals surface area contributed by atoms with E-state index in [9.17, 15) is 15.0 Å². The van der Waals surface area contributed by atoms with E-state index in [1.807, 2.05) is 62.4 Å². The number of aliphatic hydroxyl groups excluding tert-OH is 1. The van der Waals surface area contributed by atoms with Crippen LogP contribution >= 0.6 is 0 Å². The van der Waals surface area contributed by atoms with Crippen molar-refractivity contribution in [3.05, 3.63) is 89.5 Å². The summed E-state index contributed by atoms with van der Waals surface area (Å²) in [6.45, 7) is 7.13. The molecule has 0 aromatic heterocycles. The molecule has 0 saturated carbocycles. The van der Waals surface area contributed by atoms with Crippen LogP contribution in [-0.4, -0.2) is 35.4 Å². The molecule has 3 aromatic carbocycles. The summed E-state index contributed by atoms with van der Waals surface area (Å²) in [5.41, 5.74) is 4.19. The number of ether oxygens (including phenoxy) is 1. The van der Waals surface area contributed by atoms with Gasteiger partial charge in [0.05, 0.1) is 12.7 Å². The van der Waals surface area contributed by atoms with E-state index in [1.54, 1.807) is 12.1 Å². The third-order valence-corrected chi connectivity index (χ3v) is 5.46. The highest BCUT2D eigenvalue weighted by atomic mass is 16.5. The zero-order chi connectivity index (χ0) is 23.8. The molecule has 0 fully saturated rings. The Balaban J connectivity index is 1.62. The Morgan fingerprint density at radius 3 is 2.24 bits per heavy atom. The van der Waals surface area contributed by atoms with Gasteiger partial charge >= 0.3 is 5.97 Å². The van der Waals surface area contributed by atoms with Crippen molar-refractivity contribution in [2.75, 3.05) is 13.2 Å². The first-order chi connectivity index (χ1) is 15.8. The van der Waals surface area contributed by atoms with Gasteiger partial charge in [-0.05, 0) is 53.6 Å². The molecule has 3 aromatic rings. The van der Waals surface area contributed by atoms with Gasteiger partial charge < -0.3 is 20.3 Å². The first kappa shape index (κ1) is 24.5. The average Bonchev–Trinajstić information content (AvgIpc) is 2.82. The van der Waals surface area contributed by atoms with Gasteiger partial charge in [0.1, 0.15) is 11.3 Å². The second kappa shape index (κ2) is 11.6. The number of nitrogens with one attached hydrogen (secondary N) is 1. The lowest BCUT2D eigenvalue weighted by molar-refractivity contribution is 0.0691. The molecule has 0 bridgehead atoms. The fourth-order valence-electron chi connectivity index (χ4n) is 3.62. The van der Waals surface area contributed by atoms with Gasteiger partial charge in [-0.25, -0.2) is 4.79 Å². The molecule has 0 heterocycles. The van der Waals surface area contributed by atoms with E-state index in [1.165, 1.54) is 5.56 Å². The summed E-state index contributed by atoms with van der Waals surface area (Å²) in [6.07, 6.45) is 0.305. The van der Waals surface area contributed by atoms with Crippen molar-refractivity contribution in [3.63, 3.8) is 0 Å². The standard InChI is InChI=1S/C28H33NO4/c1-19(2)18-33-27-16-24(13-14-25(27)28(31)32)22-11-9-21(10-12-22)15-20(3)29-17-26(30)23-7-5-4-6-8-23/h4-14,16,19-20,26,29-30H,15,17-18H2,1-3H3,(H,31,32)/t20-,26+/m1/s1. The van der Waals surface area contributed by atoms with E-state index < -0.39 is 12.1 Å². The fraction of sp³-hybridized carbons (Fsp3) is 0.321. The molecule has 0 aliphatic rings. The van der Waals surface area contributed by atoms with E-state index >= 15 is 0 Å². The summed E-state index contributed by atoms with van der Waals surface area (Å²) in [5, 5.41) is 23.2. The molecule has 0 radical (unpaired) electrons. The maximum Gasteiger partial charge on any atom is 0.339 e. The number of hydrogen-bond donors (Lipinski definition) is 3. The first-order valence-corrected chi connectivity index (χ1v) is 11.4. The van der Waals surface area contributed by atoms with Gasteiger partial charge in [-0.3, -0.25) is 0 Å². The van der Waals surface area contributed by atoms with E-state index in [2.05, 4.69) is 24.4 Å². The van der Waals surface area contributed by atoms with Crippen molar-refractivity contribution >= 4 is 5.97 Å². The number of hydrogen-bond acceptors (Lipinski definition) is 4. The monoisotopic (exact) mass is 447 g/mol. The third-order valence-electron chi connectivity index (χ3n) is 5.46. The molecular weight excluding hydrogens is 414 g/mol. The van der Waals surface area contributed by atoms with Crippen LogP contribution in [0.2, 0.25) is 0 Å². The molecule has 5 nitrogen and oxygen atoms in total. The van der Waals surface area contributed by atoms with Gasteiger partial charge in [0, 0.05) is 12.6 Å². The molecule has 2 atom stereocenters. The summed E-state index contributed by atoms with van der Waals surface area (Å²) in [5.74, 6) is -0.291. The second-order valence-electron chi connectivity index (χ2n) is 8.86. The maximum atomic E-state index is 11.5. The highest BCUT2D eigenvalue weighted by Gasteiger charge is 2.14. The number of aliphatic hydroxyl groups is 1. The SMILES string of the molecule is CC(C)COc1cc(-c2ccc(C[C@@H](C)NC[C@H](O)c3ccccc3)cc2)ccc1C(=O)O. The predicted octanol–water partition coefficient (Wildman–Crippen LogP) is 5.34. The van der Waals surface area contributed by atoms with Gasteiger partial charge in [-0.1, -0.05) is 74.5 Å². The Morgan fingerprint density at radius 1 is 0.939 bits per heavy atom. The Bertz CT molecular complexity index is 1030. The van der Waals surface area contributed by atoms with E-state index in [0.717, 1.165) is 23.1 Å². The Hall–Kier alpha value is -3.15. The summed E-state index contributed by atoms with van der Waals surface area (Å²) in [7, 11) is 0. The van der Waals surface area contributed by atoms with Crippen molar-refractivity contribution in [3.8, 4) is 16.9 Å². The van der Waals surface area contributed by atoms with Crippen molar-refractivity contribution in [1.29, 1.82) is 0 Å². The van der Waals surface area contributed by atoms with Gasteiger partial charge in [-0.15, -0.1) is 0 Å². The largest absolute Gasteiger partial charge is 0.492 e. The van der Waals surface area contributed by atoms with Crippen molar-refractivity contribution < 1.29 is 19.7 Å². The van der Waals surface area contributed by atoms with Gasteiger partial charge in [0.2, 0.25) is 0 Å². The summed E-state index contributed by atoms with van der Waals surface area (Å²) in [4.78, 5) is 11.5. The Labute approximate surface area is 196 Å². The minimum absolute atomic E-state index is 0.175. The van der Waals surface area contributed by atoms with Crippen molar-refractivity contribution in [2.24, 2.45) is 5.92 Å². The minimum atomic E-state index is -0.991. The molecule has 3 N–H and O–H groups in total. The van der Waals surface area contributed by atoms with Crippen LogP contribution in [0.25, 0.3) is 11.1 Å². The fourth-order valence-corrected chi connectivity index (χ4v) is 3.62. The van der Waals surface area contributed by atoms with Crippen LogP contribution in [0, 0.1) is 5.92 Å². The first-order valence-electron chi connectivity index (χ1n) is 11.4. The molecular formula is C28H33NO4. The average molecular weight is 448 g/mol. The molecule has 0 aliphatic heterocycles. The Morgan fingerprint density at radius 2 is 1.61 bits per heavy atom. The van der Waals surface area contributed by atoms with Crippen LogP contribution < -0.4 is 10.1 Å². The molecule has 0 aliphatic carbocycles. The van der Waals surface area contributed by atoms with Crippen LogP contribution in [0.1, 0.15) is 48.4 Å². The maximum absolute atomic E-state index is 11.5. The zero-order valence-electron chi connectivity index (χ0n) is 19.5. The highest BCUT2D eigenvalue weighted by Crippen LogP contribution is 2.28. The summed E-state index contributed by atoms with van der Waals surface area (Å²) >= 11 is 0. The van der Waals surface area contributed by atoms with Gasteiger partial charge in [-0.2, -0.15) is 0 Å². The normalized spacial score (nSPS) is 13.0. The van der Waals surface area contributed by atoms with E-state index in [-0.39, 0.29) is 11.6 Å². The molecule has 5 heteroatoms. The third kappa shape index (κ3) is 7.17. The van der Waals surface area contributed by atoms with Gasteiger partial charge in [0.15, 0.2) is 0 Å². The molecule has 0 unspecified atom stereocenters. The van der Waals surface area contributed by atoms with Crippen LogP contribution in [0.4, 0.5) is 0 Å². The quantitative estimate of drug-likeness (QED) is 0.370. The van der Waals surface area contributed by atoms with E-state index in [0.29, 0.717) is 24.8 Å². The van der Waals surface area contributed by atoms with Gasteiger partial charge in [0.25, 0.3) is 0 Å². The van der Waals surface area contributed by atoms with Crippen molar-refractivity contribution in [1.82, 2.24) is 5.32 Å².